The lowest BCUT2D eigenvalue weighted by Crippen LogP contribution is -2.16. The summed E-state index contributed by atoms with van der Waals surface area (Å²) in [6.07, 6.45) is 0. The highest BCUT2D eigenvalue weighted by molar-refractivity contribution is 6.44. The van der Waals surface area contributed by atoms with Crippen LogP contribution in [0.5, 0.6) is 0 Å². The molecule has 1 heterocycles. The number of hydrogen-bond acceptors (Lipinski definition) is 2. The molecule has 0 fully saturated rings. The van der Waals surface area contributed by atoms with Crippen LogP contribution in [0.4, 0.5) is 0 Å². The molecule has 0 saturated carbocycles. The fourth-order valence-electron chi connectivity index (χ4n) is 1.15. The smallest absolute Gasteiger partial charge is 0.491 e. The number of hydrogen-bond donors (Lipinski definition) is 1. The normalized spacial score (nSPS) is 10.1. The summed E-state index contributed by atoms with van der Waals surface area (Å²) in [7, 11) is 0. The van der Waals surface area contributed by atoms with Gasteiger partial charge in [0.25, 0.3) is 0 Å². The van der Waals surface area contributed by atoms with E-state index in [0.29, 0.717) is 0 Å². The molecule has 0 unspecified atom stereocenters. The average molecular weight is 172 g/mol. The molecule has 3 heteroatoms. The van der Waals surface area contributed by atoms with Gasteiger partial charge in [-0.25, -0.2) is 0 Å². The Morgan fingerprint density at radius 1 is 1.08 bits per heavy atom. The number of fused-ring (bicyclic) bond motifs is 1. The zero-order chi connectivity index (χ0) is 8.39. The van der Waals surface area contributed by atoms with E-state index in [1.807, 2.05) is 36.4 Å². The molecule has 1 aromatic carbocycles. The summed E-state index contributed by atoms with van der Waals surface area (Å²) in [5, 5.41) is 1.12. The van der Waals surface area contributed by atoms with Crippen molar-refractivity contribution in [3.63, 3.8) is 0 Å². The number of pyridine rings is 1. The highest BCUT2D eigenvalue weighted by Crippen LogP contribution is 2.07. The maximum atomic E-state index is 8.92. The molecule has 1 aromatic heterocycles. The highest BCUT2D eigenvalue weighted by Gasteiger charge is 1.97. The van der Waals surface area contributed by atoms with Crippen LogP contribution in [0.25, 0.3) is 10.9 Å². The van der Waals surface area contributed by atoms with Crippen molar-refractivity contribution in [2.75, 3.05) is 0 Å². The SMILES string of the molecule is [OH][Al][c]1ccc2ccccc2n1. The summed E-state index contributed by atoms with van der Waals surface area (Å²) in [6.45, 7) is 0. The molecule has 1 N–H and O–H groups in total. The number of rotatable bonds is 1. The zero-order valence-electron chi connectivity index (χ0n) is 6.44. The maximum absolute atomic E-state index is 8.92. The van der Waals surface area contributed by atoms with Gasteiger partial charge in [-0.15, -0.1) is 0 Å². The molecule has 2 aromatic rings. The first-order chi connectivity index (χ1) is 5.90. The van der Waals surface area contributed by atoms with Gasteiger partial charge in [-0.2, -0.15) is 0 Å². The van der Waals surface area contributed by atoms with Crippen LogP contribution in [0.15, 0.2) is 36.4 Å². The maximum Gasteiger partial charge on any atom is 0.491 e. The van der Waals surface area contributed by atoms with E-state index < -0.39 is 15.6 Å². The van der Waals surface area contributed by atoms with Crippen LogP contribution in [0.3, 0.4) is 0 Å². The molecule has 0 aliphatic rings. The molecule has 2 rings (SSSR count). The van der Waals surface area contributed by atoms with E-state index in [1.54, 1.807) is 0 Å². The third-order valence-electron chi connectivity index (χ3n) is 1.75. The standard InChI is InChI=1S/C9H6N.Al.H2O/c1-2-6-9-8(4-1)5-3-7-10-9;;/h1-6H;;1H2/q;+1;/p-1. The van der Waals surface area contributed by atoms with Crippen molar-refractivity contribution < 1.29 is 4.16 Å². The Labute approximate surface area is 76.9 Å². The van der Waals surface area contributed by atoms with Gasteiger partial charge in [0, 0.05) is 5.39 Å². The van der Waals surface area contributed by atoms with Crippen molar-refractivity contribution in [2.24, 2.45) is 0 Å². The van der Waals surface area contributed by atoms with Gasteiger partial charge < -0.3 is 4.16 Å². The zero-order valence-corrected chi connectivity index (χ0v) is 7.59. The van der Waals surface area contributed by atoms with E-state index in [0.717, 1.165) is 15.5 Å². The summed E-state index contributed by atoms with van der Waals surface area (Å²) in [6, 6.07) is 11.8. The fraction of sp³-hybridized carbons (Fsp3) is 0. The van der Waals surface area contributed by atoms with Crippen molar-refractivity contribution in [3.05, 3.63) is 36.4 Å². The minimum Gasteiger partial charge on any atom is -0.518 e. The van der Waals surface area contributed by atoms with Crippen LogP contribution in [-0.2, 0) is 0 Å². The van der Waals surface area contributed by atoms with Crippen molar-refractivity contribution in [1.29, 1.82) is 0 Å². The molecule has 12 heavy (non-hydrogen) atoms. The van der Waals surface area contributed by atoms with E-state index in [1.165, 1.54) is 0 Å². The predicted molar refractivity (Wildman–Crippen MR) is 49.3 cm³/mol. The summed E-state index contributed by atoms with van der Waals surface area (Å²) < 4.78 is 9.72. The third kappa shape index (κ3) is 1.35. The average Bonchev–Trinajstić information content (AvgIpc) is 2.17. The van der Waals surface area contributed by atoms with E-state index >= 15 is 0 Å². The van der Waals surface area contributed by atoms with E-state index in [-0.39, 0.29) is 0 Å². The number of nitrogens with zero attached hydrogens (tertiary/aromatic N) is 1. The monoisotopic (exact) mass is 172 g/mol. The third-order valence-corrected chi connectivity index (χ3v) is 2.34. The predicted octanol–water partition coefficient (Wildman–Crippen LogP) is 0.472. The second kappa shape index (κ2) is 3.24. The Hall–Kier alpha value is -0.878. The Balaban J connectivity index is 2.67. The van der Waals surface area contributed by atoms with Crippen LogP contribution in [-0.4, -0.2) is 24.7 Å². The summed E-state index contributed by atoms with van der Waals surface area (Å²) in [5.41, 5.74) is 0.955. The largest absolute Gasteiger partial charge is 0.518 e. The quantitative estimate of drug-likeness (QED) is 0.634. The molecule has 0 saturated heterocycles. The number of benzene rings is 1. The first-order valence-electron chi connectivity index (χ1n) is 3.73. The van der Waals surface area contributed by atoms with E-state index in [4.69, 9.17) is 4.16 Å². The van der Waals surface area contributed by atoms with Crippen LogP contribution in [0, 0.1) is 0 Å². The second-order valence-electron chi connectivity index (χ2n) is 2.56. The molecular weight excluding hydrogens is 165 g/mol. The molecule has 0 atom stereocenters. The van der Waals surface area contributed by atoms with Gasteiger partial charge in [0.2, 0.25) is 0 Å². The lowest BCUT2D eigenvalue weighted by molar-refractivity contribution is 0.614. The Kier molecular flexibility index (Phi) is 2.09. The van der Waals surface area contributed by atoms with Crippen LogP contribution in [0.2, 0.25) is 0 Å². The number of aromatic nitrogens is 1. The summed E-state index contributed by atoms with van der Waals surface area (Å²) in [5.74, 6) is 0. The van der Waals surface area contributed by atoms with Crippen molar-refractivity contribution >= 4 is 31.0 Å². The first kappa shape index (κ1) is 7.76. The Morgan fingerprint density at radius 2 is 1.92 bits per heavy atom. The Bertz CT molecular complexity index is 402. The van der Waals surface area contributed by atoms with Crippen molar-refractivity contribution in [1.82, 2.24) is 4.98 Å². The molecule has 57 valence electrons. The van der Waals surface area contributed by atoms with Gasteiger partial charge in [-0.3, -0.25) is 4.98 Å². The Morgan fingerprint density at radius 3 is 2.75 bits per heavy atom. The van der Waals surface area contributed by atoms with Gasteiger partial charge in [0.05, 0.1) is 5.52 Å². The molecule has 0 spiro atoms. The highest BCUT2D eigenvalue weighted by atomic mass is 27.1. The second-order valence-corrected chi connectivity index (χ2v) is 3.41. The molecular formula is C9H7AlNO. The molecule has 1 radical (unpaired) electrons. The lowest BCUT2D eigenvalue weighted by atomic mass is 10.2. The van der Waals surface area contributed by atoms with Gasteiger partial charge in [-0.1, -0.05) is 30.3 Å². The molecule has 0 bridgehead atoms. The van der Waals surface area contributed by atoms with E-state index in [2.05, 4.69) is 4.98 Å². The van der Waals surface area contributed by atoms with Crippen LogP contribution < -0.4 is 4.56 Å². The molecule has 2 nitrogen and oxygen atoms in total. The fourth-order valence-corrected chi connectivity index (χ4v) is 1.53. The molecule has 0 aliphatic heterocycles. The first-order valence-corrected chi connectivity index (χ1v) is 4.83. The van der Waals surface area contributed by atoms with Gasteiger partial charge in [-0.05, 0) is 10.6 Å². The summed E-state index contributed by atoms with van der Waals surface area (Å²) in [4.78, 5) is 4.28. The van der Waals surface area contributed by atoms with Gasteiger partial charge in [0.1, 0.15) is 0 Å². The topological polar surface area (TPSA) is 33.1 Å². The minimum atomic E-state index is -0.663. The van der Waals surface area contributed by atoms with Crippen LogP contribution >= 0.6 is 0 Å². The molecule has 0 amide bonds. The van der Waals surface area contributed by atoms with Crippen LogP contribution in [0.1, 0.15) is 0 Å². The van der Waals surface area contributed by atoms with Crippen molar-refractivity contribution in [3.8, 4) is 0 Å². The minimum absolute atomic E-state index is 0.663. The molecule has 0 aliphatic carbocycles. The van der Waals surface area contributed by atoms with Gasteiger partial charge in [0.15, 0.2) is 0 Å². The summed E-state index contributed by atoms with van der Waals surface area (Å²) >= 11 is -0.663. The lowest BCUT2D eigenvalue weighted by Gasteiger charge is -1.97. The van der Waals surface area contributed by atoms with Gasteiger partial charge >= 0.3 is 15.6 Å². The van der Waals surface area contributed by atoms with Crippen molar-refractivity contribution in [2.45, 2.75) is 0 Å². The van der Waals surface area contributed by atoms with E-state index in [9.17, 15) is 0 Å². The number of para-hydroxylation sites is 1.